The number of ketones is 1. The molecule has 2 aromatic carbocycles. The molecule has 2 atom stereocenters. The van der Waals surface area contributed by atoms with E-state index >= 15 is 0 Å². The molecule has 11 nitrogen and oxygen atoms in total. The molecule has 1 aromatic heterocycles. The molecule has 39 heavy (non-hydrogen) atoms. The van der Waals surface area contributed by atoms with E-state index in [1.165, 1.54) is 4.90 Å². The Kier molecular flexibility index (Phi) is 9.31. The van der Waals surface area contributed by atoms with E-state index in [-0.39, 0.29) is 37.6 Å². The Balaban J connectivity index is 1.47. The third-order valence-corrected chi connectivity index (χ3v) is 7.90. The molecule has 0 saturated carbocycles. The summed E-state index contributed by atoms with van der Waals surface area (Å²) in [6, 6.07) is 14.5. The van der Waals surface area contributed by atoms with Crippen LogP contribution in [0.1, 0.15) is 36.0 Å². The van der Waals surface area contributed by atoms with Crippen molar-refractivity contribution in [2.24, 2.45) is 0 Å². The SMILES string of the molecule is CC[C@H](NC(=O)[C@H](CCS(=O)(=O)Cc1ccccc1)OC(=O)N1CCOCC1)C(=O)c1nc2ccccc2o1. The topological polar surface area (TPSA) is 145 Å². The number of carbonyl (C=O) groups is 3. The number of morpholine rings is 1. The average Bonchev–Trinajstić information content (AvgIpc) is 3.38. The van der Waals surface area contributed by atoms with Crippen molar-refractivity contribution >= 4 is 38.7 Å². The minimum Gasteiger partial charge on any atom is -0.436 e. The Bertz CT molecular complexity index is 1370. The first-order chi connectivity index (χ1) is 18.8. The molecule has 2 amide bonds. The lowest BCUT2D eigenvalue weighted by molar-refractivity contribution is -0.131. The van der Waals surface area contributed by atoms with E-state index in [1.54, 1.807) is 61.5 Å². The molecule has 0 aliphatic carbocycles. The zero-order valence-corrected chi connectivity index (χ0v) is 22.4. The quantitative estimate of drug-likeness (QED) is 0.352. The lowest BCUT2D eigenvalue weighted by Gasteiger charge is -2.28. The van der Waals surface area contributed by atoms with Gasteiger partial charge in [-0.1, -0.05) is 49.4 Å². The van der Waals surface area contributed by atoms with Gasteiger partial charge in [-0.25, -0.2) is 18.2 Å². The predicted octanol–water partition coefficient (Wildman–Crippen LogP) is 2.75. The number of Topliss-reactive ketones (excluding diaryl/α,β-unsaturated/α-hetero) is 1. The lowest BCUT2D eigenvalue weighted by Crippen LogP contribution is -2.49. The molecule has 3 aromatic rings. The Morgan fingerprint density at radius 3 is 2.44 bits per heavy atom. The van der Waals surface area contributed by atoms with E-state index in [1.807, 2.05) is 0 Å². The molecule has 2 heterocycles. The zero-order chi connectivity index (χ0) is 27.8. The van der Waals surface area contributed by atoms with Crippen LogP contribution in [0, 0.1) is 0 Å². The molecule has 1 saturated heterocycles. The number of benzene rings is 2. The number of hydrogen-bond donors (Lipinski definition) is 1. The van der Waals surface area contributed by atoms with Crippen LogP contribution in [0.2, 0.25) is 0 Å². The third kappa shape index (κ3) is 7.64. The largest absolute Gasteiger partial charge is 0.436 e. The molecule has 12 heteroatoms. The number of para-hydroxylation sites is 2. The van der Waals surface area contributed by atoms with E-state index in [4.69, 9.17) is 13.9 Å². The van der Waals surface area contributed by atoms with Gasteiger partial charge in [0.05, 0.1) is 30.8 Å². The molecule has 1 aliphatic heterocycles. The minimum atomic E-state index is -3.63. The highest BCUT2D eigenvalue weighted by molar-refractivity contribution is 7.90. The van der Waals surface area contributed by atoms with Crippen LogP contribution < -0.4 is 5.32 Å². The summed E-state index contributed by atoms with van der Waals surface area (Å²) in [7, 11) is -3.63. The van der Waals surface area contributed by atoms with Gasteiger partial charge in [-0.15, -0.1) is 0 Å². The van der Waals surface area contributed by atoms with Crippen LogP contribution in [0.25, 0.3) is 11.1 Å². The first-order valence-corrected chi connectivity index (χ1v) is 14.6. The number of nitrogens with zero attached hydrogens (tertiary/aromatic N) is 2. The van der Waals surface area contributed by atoms with E-state index in [9.17, 15) is 22.8 Å². The number of oxazole rings is 1. The molecule has 0 bridgehead atoms. The fourth-order valence-corrected chi connectivity index (χ4v) is 5.53. The number of aromatic nitrogens is 1. The van der Waals surface area contributed by atoms with Crippen molar-refractivity contribution in [3.05, 3.63) is 66.1 Å². The second-order valence-electron chi connectivity index (χ2n) is 9.16. The molecule has 1 N–H and O–H groups in total. The maximum atomic E-state index is 13.3. The highest BCUT2D eigenvalue weighted by Gasteiger charge is 2.32. The zero-order valence-electron chi connectivity index (χ0n) is 21.6. The second-order valence-corrected chi connectivity index (χ2v) is 11.3. The number of ether oxygens (including phenoxy) is 2. The summed E-state index contributed by atoms with van der Waals surface area (Å²) in [6.07, 6.45) is -2.25. The summed E-state index contributed by atoms with van der Waals surface area (Å²) in [4.78, 5) is 44.7. The summed E-state index contributed by atoms with van der Waals surface area (Å²) < 4.78 is 41.9. The van der Waals surface area contributed by atoms with Gasteiger partial charge >= 0.3 is 6.09 Å². The van der Waals surface area contributed by atoms with Crippen molar-refractivity contribution in [1.29, 1.82) is 0 Å². The minimum absolute atomic E-state index is 0.157. The van der Waals surface area contributed by atoms with E-state index < -0.39 is 45.5 Å². The van der Waals surface area contributed by atoms with Crippen LogP contribution in [0.15, 0.2) is 59.0 Å². The van der Waals surface area contributed by atoms with Crippen LogP contribution >= 0.6 is 0 Å². The van der Waals surface area contributed by atoms with E-state index in [2.05, 4.69) is 10.3 Å². The van der Waals surface area contributed by atoms with Crippen molar-refractivity contribution in [1.82, 2.24) is 15.2 Å². The predicted molar refractivity (Wildman–Crippen MR) is 142 cm³/mol. The Morgan fingerprint density at radius 1 is 1.05 bits per heavy atom. The normalized spacial score (nSPS) is 15.5. The van der Waals surface area contributed by atoms with E-state index in [0.29, 0.717) is 29.9 Å². The number of hydrogen-bond acceptors (Lipinski definition) is 9. The molecule has 1 aliphatic rings. The van der Waals surface area contributed by atoms with Gasteiger partial charge in [-0.05, 0) is 24.1 Å². The Hall–Kier alpha value is -3.77. The number of sulfone groups is 1. The fourth-order valence-electron chi connectivity index (χ4n) is 4.12. The first kappa shape index (κ1) is 28.2. The van der Waals surface area contributed by atoms with Crippen LogP contribution in [-0.2, 0) is 29.9 Å². The molecule has 4 rings (SSSR count). The maximum absolute atomic E-state index is 13.3. The van der Waals surface area contributed by atoms with Gasteiger partial charge in [0.25, 0.3) is 11.8 Å². The summed E-state index contributed by atoms with van der Waals surface area (Å²) in [5.74, 6) is -2.09. The molecule has 0 radical (unpaired) electrons. The highest BCUT2D eigenvalue weighted by atomic mass is 32.2. The lowest BCUT2D eigenvalue weighted by atomic mass is 10.1. The smallest absolute Gasteiger partial charge is 0.410 e. The van der Waals surface area contributed by atoms with Crippen LogP contribution in [-0.4, -0.2) is 80.3 Å². The van der Waals surface area contributed by atoms with Crippen molar-refractivity contribution in [2.75, 3.05) is 32.1 Å². The average molecular weight is 558 g/mol. The molecular formula is C27H31N3O8S. The van der Waals surface area contributed by atoms with Crippen LogP contribution in [0.3, 0.4) is 0 Å². The van der Waals surface area contributed by atoms with Gasteiger partial charge in [0, 0.05) is 19.5 Å². The fraction of sp³-hybridized carbons (Fsp3) is 0.407. The first-order valence-electron chi connectivity index (χ1n) is 12.7. The monoisotopic (exact) mass is 557 g/mol. The van der Waals surface area contributed by atoms with Crippen LogP contribution in [0.4, 0.5) is 4.79 Å². The van der Waals surface area contributed by atoms with E-state index in [0.717, 1.165) is 0 Å². The second kappa shape index (κ2) is 12.9. The Morgan fingerprint density at radius 2 is 1.74 bits per heavy atom. The van der Waals surface area contributed by atoms with Gasteiger partial charge in [0.2, 0.25) is 5.78 Å². The number of nitrogens with one attached hydrogen (secondary N) is 1. The van der Waals surface area contributed by atoms with Crippen molar-refractivity contribution < 1.29 is 36.7 Å². The number of rotatable bonds is 11. The molecule has 0 unspecified atom stereocenters. The van der Waals surface area contributed by atoms with Gasteiger partial charge < -0.3 is 24.1 Å². The summed E-state index contributed by atoms with van der Waals surface area (Å²) in [5, 5.41) is 2.60. The number of carbonyl (C=O) groups excluding carboxylic acids is 3. The molecule has 1 fully saturated rings. The van der Waals surface area contributed by atoms with Gasteiger partial charge in [0.1, 0.15) is 5.52 Å². The van der Waals surface area contributed by atoms with Crippen LogP contribution in [0.5, 0.6) is 0 Å². The maximum Gasteiger partial charge on any atom is 0.410 e. The third-order valence-electron chi connectivity index (χ3n) is 6.27. The van der Waals surface area contributed by atoms with Crippen molar-refractivity contribution in [2.45, 2.75) is 37.7 Å². The molecule has 0 spiro atoms. The molecule has 208 valence electrons. The van der Waals surface area contributed by atoms with Gasteiger partial charge in [-0.3, -0.25) is 9.59 Å². The summed E-state index contributed by atoms with van der Waals surface area (Å²) >= 11 is 0. The Labute approximate surface area is 226 Å². The standard InChI is InChI=1S/C27H31N3O8S/c1-2-20(24(31)26-29-21-10-6-7-11-22(21)37-26)28-25(32)23(38-27(33)30-13-15-36-16-14-30)12-17-39(34,35)18-19-8-4-3-5-9-19/h3-11,20,23H,2,12-18H2,1H3,(H,28,32)/t20-,23-/m0/s1. The van der Waals surface area contributed by atoms with Gasteiger partial charge in [0.15, 0.2) is 21.5 Å². The summed E-state index contributed by atoms with van der Waals surface area (Å²) in [6.45, 7) is 2.92. The molecular weight excluding hydrogens is 526 g/mol. The number of fused-ring (bicyclic) bond motifs is 1. The van der Waals surface area contributed by atoms with Crippen molar-refractivity contribution in [3.63, 3.8) is 0 Å². The number of amides is 2. The summed E-state index contributed by atoms with van der Waals surface area (Å²) in [5.41, 5.74) is 1.55. The van der Waals surface area contributed by atoms with Gasteiger partial charge in [-0.2, -0.15) is 0 Å². The van der Waals surface area contributed by atoms with Crippen molar-refractivity contribution in [3.8, 4) is 0 Å². The highest BCUT2D eigenvalue weighted by Crippen LogP contribution is 2.17.